The van der Waals surface area contributed by atoms with Gasteiger partial charge < -0.3 is 14.4 Å². The molecular formula is C19H19FN2O4. The maximum Gasteiger partial charge on any atom is 0.295 e. The Morgan fingerprint density at radius 1 is 1.35 bits per heavy atom. The summed E-state index contributed by atoms with van der Waals surface area (Å²) in [5.74, 6) is -0.741. The first-order chi connectivity index (χ1) is 12.5. The van der Waals surface area contributed by atoms with Crippen molar-refractivity contribution in [2.24, 2.45) is 0 Å². The lowest BCUT2D eigenvalue weighted by Crippen LogP contribution is -2.49. The Balaban J connectivity index is 1.75. The summed E-state index contributed by atoms with van der Waals surface area (Å²) in [7, 11) is 1.35. The van der Waals surface area contributed by atoms with Crippen molar-refractivity contribution in [3.8, 4) is 5.75 Å². The van der Waals surface area contributed by atoms with Crippen LogP contribution in [0.3, 0.4) is 0 Å². The Morgan fingerprint density at radius 3 is 2.92 bits per heavy atom. The molecule has 1 atom stereocenters. The predicted molar refractivity (Wildman–Crippen MR) is 94.2 cm³/mol. The number of nitro benzene ring substituents is 1. The van der Waals surface area contributed by atoms with Crippen molar-refractivity contribution < 1.29 is 18.8 Å². The zero-order valence-corrected chi connectivity index (χ0v) is 14.4. The van der Waals surface area contributed by atoms with Crippen molar-refractivity contribution in [1.82, 2.24) is 0 Å². The van der Waals surface area contributed by atoms with E-state index in [1.165, 1.54) is 18.7 Å². The van der Waals surface area contributed by atoms with Gasteiger partial charge in [0, 0.05) is 12.6 Å². The Kier molecular flexibility index (Phi) is 4.03. The normalized spacial score (nSPS) is 21.7. The number of benzene rings is 2. The fourth-order valence-electron chi connectivity index (χ4n) is 4.05. The van der Waals surface area contributed by atoms with E-state index in [1.807, 2.05) is 17.0 Å². The molecule has 2 aliphatic rings. The minimum atomic E-state index is -0.739. The van der Waals surface area contributed by atoms with Gasteiger partial charge in [-0.05, 0) is 24.0 Å². The van der Waals surface area contributed by atoms with Gasteiger partial charge >= 0.3 is 0 Å². The summed E-state index contributed by atoms with van der Waals surface area (Å²) in [6, 6.07) is 10.5. The van der Waals surface area contributed by atoms with E-state index >= 15 is 0 Å². The van der Waals surface area contributed by atoms with Crippen molar-refractivity contribution in [3.05, 3.63) is 63.5 Å². The number of ether oxygens (including phenoxy) is 2. The number of aryl methyl sites for hydroxylation is 1. The van der Waals surface area contributed by atoms with E-state index in [1.54, 1.807) is 0 Å². The third kappa shape index (κ3) is 2.59. The molecule has 0 amide bonds. The summed E-state index contributed by atoms with van der Waals surface area (Å²) in [6.07, 6.45) is 1.74. The Morgan fingerprint density at radius 2 is 2.15 bits per heavy atom. The molecular weight excluding hydrogens is 339 g/mol. The highest BCUT2D eigenvalue weighted by Gasteiger charge is 2.44. The average molecular weight is 358 g/mol. The smallest absolute Gasteiger partial charge is 0.295 e. The van der Waals surface area contributed by atoms with Gasteiger partial charge in [-0.15, -0.1) is 0 Å². The van der Waals surface area contributed by atoms with Crippen molar-refractivity contribution in [3.63, 3.8) is 0 Å². The van der Waals surface area contributed by atoms with E-state index in [2.05, 4.69) is 12.1 Å². The highest BCUT2D eigenvalue weighted by molar-refractivity contribution is 5.67. The Bertz CT molecular complexity index is 869. The fraction of sp³-hybridized carbons (Fsp3) is 0.368. The summed E-state index contributed by atoms with van der Waals surface area (Å²) in [5.41, 5.74) is 2.01. The summed E-state index contributed by atoms with van der Waals surface area (Å²) in [5, 5.41) is 11.5. The van der Waals surface area contributed by atoms with Crippen LogP contribution in [-0.4, -0.2) is 31.7 Å². The number of rotatable bonds is 3. The van der Waals surface area contributed by atoms with Crippen LogP contribution in [0.25, 0.3) is 0 Å². The number of methoxy groups -OCH3 is 1. The molecule has 0 bridgehead atoms. The maximum absolute atomic E-state index is 14.0. The Hall–Kier alpha value is -2.67. The number of hydrogen-bond acceptors (Lipinski definition) is 5. The van der Waals surface area contributed by atoms with Crippen molar-refractivity contribution in [2.45, 2.75) is 18.4 Å². The summed E-state index contributed by atoms with van der Waals surface area (Å²) in [6.45, 7) is 1.43. The molecule has 26 heavy (non-hydrogen) atoms. The molecule has 0 radical (unpaired) electrons. The first-order valence-electron chi connectivity index (χ1n) is 8.53. The molecule has 1 saturated heterocycles. The molecule has 136 valence electrons. The summed E-state index contributed by atoms with van der Waals surface area (Å²) in [4.78, 5) is 12.8. The first kappa shape index (κ1) is 16.8. The van der Waals surface area contributed by atoms with Crippen LogP contribution in [0.15, 0.2) is 36.4 Å². The molecule has 0 N–H and O–H groups in total. The van der Waals surface area contributed by atoms with E-state index < -0.39 is 16.3 Å². The largest absolute Gasteiger partial charge is 0.494 e. The molecule has 1 unspecified atom stereocenters. The maximum atomic E-state index is 14.0. The molecule has 1 aliphatic heterocycles. The molecule has 6 nitrogen and oxygen atoms in total. The van der Waals surface area contributed by atoms with E-state index in [-0.39, 0.29) is 11.4 Å². The quantitative estimate of drug-likeness (QED) is 0.621. The van der Waals surface area contributed by atoms with Crippen LogP contribution in [0.1, 0.15) is 17.5 Å². The molecule has 1 fully saturated rings. The molecule has 4 rings (SSSR count). The summed E-state index contributed by atoms with van der Waals surface area (Å²) < 4.78 is 25.2. The number of nitrogens with zero attached hydrogens (tertiary/aromatic N) is 2. The van der Waals surface area contributed by atoms with E-state index in [9.17, 15) is 14.5 Å². The van der Waals surface area contributed by atoms with Gasteiger partial charge in [0.1, 0.15) is 11.3 Å². The minimum absolute atomic E-state index is 0.00189. The van der Waals surface area contributed by atoms with Crippen LogP contribution in [-0.2, 0) is 16.8 Å². The van der Waals surface area contributed by atoms with Gasteiger partial charge in [-0.2, -0.15) is 0 Å². The monoisotopic (exact) mass is 358 g/mol. The second-order valence-electron chi connectivity index (χ2n) is 6.65. The van der Waals surface area contributed by atoms with Gasteiger partial charge in [-0.1, -0.05) is 24.3 Å². The van der Waals surface area contributed by atoms with Crippen LogP contribution >= 0.6 is 0 Å². The second kappa shape index (κ2) is 6.25. The SMILES string of the molecule is COc1cc(N2CCOC3(CCc4ccccc43)C2)c([N+](=O)[O-])cc1F. The average Bonchev–Trinajstić information content (AvgIpc) is 3.00. The molecule has 0 aromatic heterocycles. The van der Waals surface area contributed by atoms with E-state index in [0.717, 1.165) is 24.5 Å². The number of morpholine rings is 1. The van der Waals surface area contributed by atoms with Gasteiger partial charge in [0.15, 0.2) is 11.6 Å². The number of fused-ring (bicyclic) bond motifs is 2. The second-order valence-corrected chi connectivity index (χ2v) is 6.65. The van der Waals surface area contributed by atoms with E-state index in [4.69, 9.17) is 9.47 Å². The van der Waals surface area contributed by atoms with Gasteiger partial charge in [-0.25, -0.2) is 4.39 Å². The highest BCUT2D eigenvalue weighted by Crippen LogP contribution is 2.44. The topological polar surface area (TPSA) is 64.8 Å². The van der Waals surface area contributed by atoms with Crippen LogP contribution < -0.4 is 9.64 Å². The minimum Gasteiger partial charge on any atom is -0.494 e. The standard InChI is InChI=1S/C19H19FN2O4/c1-25-18-11-16(17(22(23)24)10-15(18)20)21-8-9-26-19(12-21)7-6-13-4-2-3-5-14(13)19/h2-5,10-11H,6-9,12H2,1H3. The number of hydrogen-bond donors (Lipinski definition) is 0. The van der Waals surface area contributed by atoms with Gasteiger partial charge in [0.25, 0.3) is 5.69 Å². The number of anilines is 1. The highest BCUT2D eigenvalue weighted by atomic mass is 19.1. The zero-order chi connectivity index (χ0) is 18.3. The Labute approximate surface area is 150 Å². The molecule has 7 heteroatoms. The first-order valence-corrected chi connectivity index (χ1v) is 8.53. The van der Waals surface area contributed by atoms with Gasteiger partial charge in [-0.3, -0.25) is 10.1 Å². The molecule has 1 heterocycles. The molecule has 1 spiro atoms. The molecule has 2 aromatic carbocycles. The summed E-state index contributed by atoms with van der Waals surface area (Å²) >= 11 is 0. The van der Waals surface area contributed by atoms with Crippen LogP contribution in [0.5, 0.6) is 5.75 Å². The van der Waals surface area contributed by atoms with Crippen LogP contribution in [0, 0.1) is 15.9 Å². The van der Waals surface area contributed by atoms with E-state index in [0.29, 0.717) is 25.4 Å². The lowest BCUT2D eigenvalue weighted by molar-refractivity contribution is -0.384. The van der Waals surface area contributed by atoms with Crippen LogP contribution in [0.2, 0.25) is 0 Å². The molecule has 0 saturated carbocycles. The zero-order valence-electron chi connectivity index (χ0n) is 14.4. The third-order valence-electron chi connectivity index (χ3n) is 5.28. The van der Waals surface area contributed by atoms with Crippen molar-refractivity contribution >= 4 is 11.4 Å². The predicted octanol–water partition coefficient (Wildman–Crippen LogP) is 3.42. The van der Waals surface area contributed by atoms with Crippen molar-refractivity contribution in [1.29, 1.82) is 0 Å². The van der Waals surface area contributed by atoms with Crippen molar-refractivity contribution in [2.75, 3.05) is 31.7 Å². The molecule has 1 aliphatic carbocycles. The fourth-order valence-corrected chi connectivity index (χ4v) is 4.05. The van der Waals surface area contributed by atoms with Gasteiger partial charge in [0.2, 0.25) is 0 Å². The lowest BCUT2D eigenvalue weighted by Gasteiger charge is -2.42. The van der Waals surface area contributed by atoms with Crippen LogP contribution in [0.4, 0.5) is 15.8 Å². The third-order valence-corrected chi connectivity index (χ3v) is 5.28. The van der Waals surface area contributed by atoms with Gasteiger partial charge in [0.05, 0.1) is 31.3 Å². The molecule has 2 aromatic rings. The number of nitro groups is 1. The number of halogens is 1. The lowest BCUT2D eigenvalue weighted by atomic mass is 9.93.